The fourth-order valence-corrected chi connectivity index (χ4v) is 3.19. The van der Waals surface area contributed by atoms with E-state index in [-0.39, 0.29) is 12.5 Å². The Labute approximate surface area is 179 Å². The topological polar surface area (TPSA) is 64.4 Å². The molecule has 3 aromatic carbocycles. The van der Waals surface area contributed by atoms with Crippen LogP contribution >= 0.6 is 11.6 Å². The number of nitrogens with zero attached hydrogens (tertiary/aromatic N) is 1. The van der Waals surface area contributed by atoms with E-state index in [1.807, 2.05) is 36.4 Å². The van der Waals surface area contributed by atoms with Crippen molar-refractivity contribution in [2.45, 2.75) is 20.3 Å². The van der Waals surface area contributed by atoms with E-state index in [0.717, 1.165) is 16.7 Å². The van der Waals surface area contributed by atoms with Gasteiger partial charge in [-0.2, -0.15) is 0 Å². The number of hydrogen-bond donors (Lipinski definition) is 1. The predicted octanol–water partition coefficient (Wildman–Crippen LogP) is 5.71. The molecule has 1 amide bonds. The van der Waals surface area contributed by atoms with Crippen LogP contribution in [0.2, 0.25) is 5.02 Å². The third-order valence-electron chi connectivity index (χ3n) is 4.82. The van der Waals surface area contributed by atoms with Crippen molar-refractivity contribution in [1.82, 2.24) is 4.98 Å². The zero-order valence-electron chi connectivity index (χ0n) is 16.7. The van der Waals surface area contributed by atoms with Gasteiger partial charge in [-0.1, -0.05) is 23.7 Å². The van der Waals surface area contributed by atoms with E-state index in [2.05, 4.69) is 24.1 Å². The summed E-state index contributed by atoms with van der Waals surface area (Å²) in [5, 5.41) is 3.44. The van der Waals surface area contributed by atoms with Crippen LogP contribution in [-0.2, 0) is 11.2 Å². The summed E-state index contributed by atoms with van der Waals surface area (Å²) in [7, 11) is 0. The highest BCUT2D eigenvalue weighted by Gasteiger charge is 2.09. The molecule has 5 nitrogen and oxygen atoms in total. The van der Waals surface area contributed by atoms with Crippen LogP contribution in [0.3, 0.4) is 0 Å². The first-order chi connectivity index (χ1) is 14.5. The summed E-state index contributed by atoms with van der Waals surface area (Å²) in [6.45, 7) is 4.05. The lowest BCUT2D eigenvalue weighted by Crippen LogP contribution is -2.20. The number of aromatic nitrogens is 1. The summed E-state index contributed by atoms with van der Waals surface area (Å²) in [5.74, 6) is 1.03. The molecule has 4 rings (SSSR count). The van der Waals surface area contributed by atoms with Crippen molar-refractivity contribution in [1.29, 1.82) is 0 Å². The maximum Gasteiger partial charge on any atom is 0.262 e. The smallest absolute Gasteiger partial charge is 0.262 e. The van der Waals surface area contributed by atoms with Gasteiger partial charge in [0.1, 0.15) is 11.3 Å². The Morgan fingerprint density at radius 2 is 1.73 bits per heavy atom. The number of hydrogen-bond acceptors (Lipinski definition) is 4. The molecule has 1 heterocycles. The Kier molecular flexibility index (Phi) is 5.72. The number of nitrogens with one attached hydrogen (secondary N) is 1. The largest absolute Gasteiger partial charge is 0.484 e. The number of amides is 1. The maximum absolute atomic E-state index is 12.1. The maximum atomic E-state index is 12.1. The van der Waals surface area contributed by atoms with Crippen LogP contribution in [0.1, 0.15) is 22.6 Å². The first-order valence-electron chi connectivity index (χ1n) is 9.60. The molecule has 0 saturated heterocycles. The SMILES string of the molecule is Cc1cc2nc(Cc3ccc(NC(=O)COc4ccc(Cl)cc4)cc3)oc2cc1C. The molecule has 0 aliphatic heterocycles. The zero-order chi connectivity index (χ0) is 21.1. The van der Waals surface area contributed by atoms with Crippen molar-refractivity contribution >= 4 is 34.3 Å². The Hall–Kier alpha value is -3.31. The number of ether oxygens (including phenoxy) is 1. The third-order valence-corrected chi connectivity index (χ3v) is 5.08. The molecule has 0 spiro atoms. The molecular formula is C24H21ClN2O3. The highest BCUT2D eigenvalue weighted by atomic mass is 35.5. The fourth-order valence-electron chi connectivity index (χ4n) is 3.06. The monoisotopic (exact) mass is 420 g/mol. The van der Waals surface area contributed by atoms with Crippen molar-refractivity contribution in [2.75, 3.05) is 11.9 Å². The third kappa shape index (κ3) is 4.81. The highest BCUT2D eigenvalue weighted by molar-refractivity contribution is 6.30. The molecule has 0 aliphatic rings. The minimum atomic E-state index is -0.234. The van der Waals surface area contributed by atoms with E-state index in [4.69, 9.17) is 20.8 Å². The summed E-state index contributed by atoms with van der Waals surface area (Å²) in [6, 6.07) is 18.5. The van der Waals surface area contributed by atoms with Crippen molar-refractivity contribution in [3.05, 3.63) is 88.3 Å². The molecule has 1 N–H and O–H groups in total. The quantitative estimate of drug-likeness (QED) is 0.434. The second-order valence-electron chi connectivity index (χ2n) is 7.18. The van der Waals surface area contributed by atoms with Gasteiger partial charge in [0.05, 0.1) is 0 Å². The first-order valence-corrected chi connectivity index (χ1v) is 9.98. The van der Waals surface area contributed by atoms with Gasteiger partial charge in [0, 0.05) is 17.1 Å². The highest BCUT2D eigenvalue weighted by Crippen LogP contribution is 2.22. The van der Waals surface area contributed by atoms with Crippen LogP contribution in [0, 0.1) is 13.8 Å². The van der Waals surface area contributed by atoms with E-state index < -0.39 is 0 Å². The molecule has 4 aromatic rings. The van der Waals surface area contributed by atoms with E-state index >= 15 is 0 Å². The standard InChI is InChI=1S/C24H21ClN2O3/c1-15-11-21-22(12-16(15)2)30-24(27-21)13-17-3-7-19(8-4-17)26-23(28)14-29-20-9-5-18(25)6-10-20/h3-12H,13-14H2,1-2H3,(H,26,28). The molecule has 0 fully saturated rings. The van der Waals surface area contributed by atoms with E-state index in [0.29, 0.717) is 28.8 Å². The second-order valence-corrected chi connectivity index (χ2v) is 7.61. The van der Waals surface area contributed by atoms with Gasteiger partial charge >= 0.3 is 0 Å². The number of anilines is 1. The van der Waals surface area contributed by atoms with Gasteiger partial charge in [-0.3, -0.25) is 4.79 Å². The Balaban J connectivity index is 1.34. The number of carbonyl (C=O) groups is 1. The molecule has 0 saturated carbocycles. The molecule has 6 heteroatoms. The average Bonchev–Trinajstić information content (AvgIpc) is 3.10. The van der Waals surface area contributed by atoms with E-state index in [1.54, 1.807) is 24.3 Å². The molecule has 0 radical (unpaired) electrons. The Bertz CT molecular complexity index is 1140. The molecule has 0 unspecified atom stereocenters. The molecular weight excluding hydrogens is 400 g/mol. The predicted molar refractivity (Wildman–Crippen MR) is 118 cm³/mol. The van der Waals surface area contributed by atoms with Crippen LogP contribution in [-0.4, -0.2) is 17.5 Å². The summed E-state index contributed by atoms with van der Waals surface area (Å²) >= 11 is 5.83. The summed E-state index contributed by atoms with van der Waals surface area (Å²) in [6.07, 6.45) is 0.584. The number of aryl methyl sites for hydroxylation is 2. The number of benzene rings is 3. The van der Waals surface area contributed by atoms with Crippen molar-refractivity contribution in [3.8, 4) is 5.75 Å². The Morgan fingerprint density at radius 3 is 2.47 bits per heavy atom. The molecule has 0 atom stereocenters. The minimum Gasteiger partial charge on any atom is -0.484 e. The van der Waals surface area contributed by atoms with Crippen LogP contribution in [0.15, 0.2) is 65.1 Å². The van der Waals surface area contributed by atoms with Gasteiger partial charge in [-0.15, -0.1) is 0 Å². The summed E-state index contributed by atoms with van der Waals surface area (Å²) in [5.41, 5.74) is 5.81. The first kappa shape index (κ1) is 20.0. The normalized spacial score (nSPS) is 10.9. The number of carbonyl (C=O) groups excluding carboxylic acids is 1. The molecule has 0 bridgehead atoms. The van der Waals surface area contributed by atoms with Crippen LogP contribution in [0.5, 0.6) is 5.75 Å². The van der Waals surface area contributed by atoms with Gasteiger partial charge < -0.3 is 14.5 Å². The number of fused-ring (bicyclic) bond motifs is 1. The minimum absolute atomic E-state index is 0.0783. The Morgan fingerprint density at radius 1 is 1.03 bits per heavy atom. The fraction of sp³-hybridized carbons (Fsp3) is 0.167. The average molecular weight is 421 g/mol. The van der Waals surface area contributed by atoms with Crippen LogP contribution in [0.25, 0.3) is 11.1 Å². The van der Waals surface area contributed by atoms with E-state index in [9.17, 15) is 4.79 Å². The second kappa shape index (κ2) is 8.59. The number of rotatable bonds is 6. The number of halogens is 1. The number of oxazole rings is 1. The van der Waals surface area contributed by atoms with Crippen molar-refractivity contribution in [3.63, 3.8) is 0 Å². The van der Waals surface area contributed by atoms with Gasteiger partial charge in [0.2, 0.25) is 0 Å². The van der Waals surface area contributed by atoms with Crippen LogP contribution in [0.4, 0.5) is 5.69 Å². The van der Waals surface area contributed by atoms with Crippen LogP contribution < -0.4 is 10.1 Å². The van der Waals surface area contributed by atoms with Crippen molar-refractivity contribution < 1.29 is 13.9 Å². The van der Waals surface area contributed by atoms with Gasteiger partial charge in [0.25, 0.3) is 5.91 Å². The molecule has 30 heavy (non-hydrogen) atoms. The summed E-state index contributed by atoms with van der Waals surface area (Å²) < 4.78 is 11.3. The zero-order valence-corrected chi connectivity index (χ0v) is 17.5. The summed E-state index contributed by atoms with van der Waals surface area (Å²) in [4.78, 5) is 16.7. The molecule has 152 valence electrons. The lowest BCUT2D eigenvalue weighted by Gasteiger charge is -2.08. The van der Waals surface area contributed by atoms with Gasteiger partial charge in [-0.05, 0) is 79.1 Å². The van der Waals surface area contributed by atoms with Gasteiger partial charge in [0.15, 0.2) is 18.1 Å². The van der Waals surface area contributed by atoms with Crippen molar-refractivity contribution in [2.24, 2.45) is 0 Å². The molecule has 0 aliphatic carbocycles. The van der Waals surface area contributed by atoms with E-state index in [1.165, 1.54) is 11.1 Å². The van der Waals surface area contributed by atoms with Gasteiger partial charge in [-0.25, -0.2) is 4.98 Å². The molecule has 1 aromatic heterocycles. The lowest BCUT2D eigenvalue weighted by atomic mass is 10.1. The lowest BCUT2D eigenvalue weighted by molar-refractivity contribution is -0.118.